The van der Waals surface area contributed by atoms with Gasteiger partial charge in [0.25, 0.3) is 0 Å². The Bertz CT molecular complexity index is 646. The molecule has 5 nitrogen and oxygen atoms in total. The first-order valence-corrected chi connectivity index (χ1v) is 8.49. The maximum absolute atomic E-state index is 12.5. The molecule has 0 bridgehead atoms. The smallest absolute Gasteiger partial charge is 0.337 e. The minimum atomic E-state index is -3.90. The van der Waals surface area contributed by atoms with Gasteiger partial charge in [-0.2, -0.15) is 0 Å². The molecule has 0 aliphatic carbocycles. The lowest BCUT2D eigenvalue weighted by Gasteiger charge is -2.21. The van der Waals surface area contributed by atoms with Crippen LogP contribution >= 0.6 is 23.2 Å². The zero-order valence-electron chi connectivity index (χ0n) is 11.9. The fourth-order valence-electron chi connectivity index (χ4n) is 1.74. The van der Waals surface area contributed by atoms with E-state index >= 15 is 0 Å². The van der Waals surface area contributed by atoms with E-state index in [0.29, 0.717) is 6.54 Å². The summed E-state index contributed by atoms with van der Waals surface area (Å²) in [7, 11) is -2.47. The number of sulfonamides is 1. The molecule has 0 saturated heterocycles. The number of benzene rings is 1. The first kappa shape index (κ1) is 18.2. The number of rotatable bonds is 6. The molecule has 1 atom stereocenters. The van der Waals surface area contributed by atoms with E-state index in [1.54, 1.807) is 0 Å². The van der Waals surface area contributed by atoms with Gasteiger partial charge in [-0.3, -0.25) is 0 Å². The molecule has 1 rings (SSSR count). The molecule has 118 valence electrons. The van der Waals surface area contributed by atoms with Crippen molar-refractivity contribution in [2.45, 2.75) is 25.2 Å². The quantitative estimate of drug-likeness (QED) is 0.850. The Morgan fingerprint density at radius 3 is 2.43 bits per heavy atom. The van der Waals surface area contributed by atoms with Crippen molar-refractivity contribution in [2.75, 3.05) is 13.6 Å². The average molecular weight is 354 g/mol. The van der Waals surface area contributed by atoms with Crippen molar-refractivity contribution in [3.05, 3.63) is 27.7 Å². The molecule has 0 heterocycles. The Morgan fingerprint density at radius 2 is 1.95 bits per heavy atom. The molecule has 0 aliphatic heterocycles. The molecule has 0 saturated carbocycles. The predicted molar refractivity (Wildman–Crippen MR) is 82.7 cm³/mol. The van der Waals surface area contributed by atoms with Gasteiger partial charge in [0.15, 0.2) is 0 Å². The average Bonchev–Trinajstić information content (AvgIpc) is 2.40. The summed E-state index contributed by atoms with van der Waals surface area (Å²) in [5.74, 6) is -1.16. The van der Waals surface area contributed by atoms with Crippen LogP contribution in [0.15, 0.2) is 17.0 Å². The summed E-state index contributed by atoms with van der Waals surface area (Å²) < 4.78 is 26.2. The molecule has 0 radical (unpaired) electrons. The molecule has 0 aromatic heterocycles. The van der Waals surface area contributed by atoms with Gasteiger partial charge in [0.05, 0.1) is 10.6 Å². The molecule has 0 amide bonds. The summed E-state index contributed by atoms with van der Waals surface area (Å²) in [5, 5.41) is 8.73. The molecule has 8 heteroatoms. The molecule has 0 fully saturated rings. The Kier molecular flexibility index (Phi) is 6.04. The van der Waals surface area contributed by atoms with E-state index in [2.05, 4.69) is 0 Å². The maximum atomic E-state index is 12.5. The largest absolute Gasteiger partial charge is 0.478 e. The summed E-state index contributed by atoms with van der Waals surface area (Å²) in [6.07, 6.45) is 0.823. The molecule has 0 aliphatic rings. The highest BCUT2D eigenvalue weighted by molar-refractivity contribution is 7.89. The Morgan fingerprint density at radius 1 is 1.38 bits per heavy atom. The fourth-order valence-corrected chi connectivity index (χ4v) is 3.91. The van der Waals surface area contributed by atoms with Crippen LogP contribution in [0.3, 0.4) is 0 Å². The van der Waals surface area contributed by atoms with E-state index in [4.69, 9.17) is 28.3 Å². The molecule has 1 aromatic rings. The van der Waals surface area contributed by atoms with Gasteiger partial charge < -0.3 is 5.11 Å². The first-order valence-electron chi connectivity index (χ1n) is 6.29. The molecule has 1 aromatic carbocycles. The molecular weight excluding hydrogens is 337 g/mol. The fraction of sp³-hybridized carbons (Fsp3) is 0.462. The van der Waals surface area contributed by atoms with E-state index in [9.17, 15) is 13.2 Å². The standard InChI is InChI=1S/C13H17Cl2NO4S/c1-4-8(2)7-16(3)21(19,20)11-6-9(14)5-10(12(11)15)13(17)18/h5-6,8H,4,7H2,1-3H3,(H,17,18). The minimum Gasteiger partial charge on any atom is -0.478 e. The molecular formula is C13H17Cl2NO4S. The zero-order chi connectivity index (χ0) is 16.4. The van der Waals surface area contributed by atoms with Gasteiger partial charge in [-0.25, -0.2) is 17.5 Å². The van der Waals surface area contributed by atoms with E-state index in [0.717, 1.165) is 16.8 Å². The Hall–Kier alpha value is -0.820. The van der Waals surface area contributed by atoms with Gasteiger partial charge in [-0.15, -0.1) is 0 Å². The summed E-state index contributed by atoms with van der Waals surface area (Å²) in [6, 6.07) is 2.29. The van der Waals surface area contributed by atoms with E-state index < -0.39 is 16.0 Å². The first-order chi connectivity index (χ1) is 9.61. The van der Waals surface area contributed by atoms with E-state index in [1.165, 1.54) is 13.1 Å². The van der Waals surface area contributed by atoms with Crippen LogP contribution in [0.25, 0.3) is 0 Å². The van der Waals surface area contributed by atoms with Crippen LogP contribution in [-0.2, 0) is 10.0 Å². The van der Waals surface area contributed by atoms with Crippen LogP contribution in [0, 0.1) is 5.92 Å². The maximum Gasteiger partial charge on any atom is 0.337 e. The third-order valence-corrected chi connectivity index (χ3v) is 5.77. The van der Waals surface area contributed by atoms with Gasteiger partial charge in [-0.05, 0) is 18.1 Å². The Balaban J connectivity index is 3.35. The SMILES string of the molecule is CCC(C)CN(C)S(=O)(=O)c1cc(Cl)cc(C(=O)O)c1Cl. The topological polar surface area (TPSA) is 74.7 Å². The highest BCUT2D eigenvalue weighted by atomic mass is 35.5. The van der Waals surface area contributed by atoms with Gasteiger partial charge in [0, 0.05) is 18.6 Å². The Labute approximate surface area is 134 Å². The second-order valence-electron chi connectivity index (χ2n) is 4.87. The van der Waals surface area contributed by atoms with Gasteiger partial charge in [-0.1, -0.05) is 43.5 Å². The summed E-state index contributed by atoms with van der Waals surface area (Å²) in [6.45, 7) is 4.19. The van der Waals surface area contributed by atoms with Crippen molar-refractivity contribution < 1.29 is 18.3 Å². The molecule has 21 heavy (non-hydrogen) atoms. The third-order valence-electron chi connectivity index (χ3n) is 3.19. The molecule has 1 unspecified atom stereocenters. The highest BCUT2D eigenvalue weighted by Gasteiger charge is 2.28. The number of halogens is 2. The van der Waals surface area contributed by atoms with Crippen molar-refractivity contribution in [2.24, 2.45) is 5.92 Å². The van der Waals surface area contributed by atoms with Crippen molar-refractivity contribution in [1.29, 1.82) is 0 Å². The van der Waals surface area contributed by atoms with Crippen molar-refractivity contribution in [1.82, 2.24) is 4.31 Å². The monoisotopic (exact) mass is 353 g/mol. The number of nitrogens with zero attached hydrogens (tertiary/aromatic N) is 1. The number of carboxylic acid groups (broad SMARTS) is 1. The van der Waals surface area contributed by atoms with Crippen LogP contribution in [0.1, 0.15) is 30.6 Å². The summed E-state index contributed by atoms with van der Waals surface area (Å²) in [5.41, 5.74) is -0.334. The molecule has 1 N–H and O–H groups in total. The second-order valence-corrected chi connectivity index (χ2v) is 7.70. The van der Waals surface area contributed by atoms with Crippen LogP contribution in [0.4, 0.5) is 0 Å². The van der Waals surface area contributed by atoms with Crippen LogP contribution in [0.5, 0.6) is 0 Å². The van der Waals surface area contributed by atoms with Crippen LogP contribution < -0.4 is 0 Å². The van der Waals surface area contributed by atoms with Crippen LogP contribution in [-0.4, -0.2) is 37.4 Å². The number of carboxylic acids is 1. The van der Waals surface area contributed by atoms with Gasteiger partial charge in [0.2, 0.25) is 10.0 Å². The zero-order valence-corrected chi connectivity index (χ0v) is 14.3. The number of aromatic carboxylic acids is 1. The van der Waals surface area contributed by atoms with Crippen LogP contribution in [0.2, 0.25) is 10.0 Å². The molecule has 0 spiro atoms. The summed E-state index contributed by atoms with van der Waals surface area (Å²) >= 11 is 11.7. The summed E-state index contributed by atoms with van der Waals surface area (Å²) in [4.78, 5) is 10.8. The van der Waals surface area contributed by atoms with E-state index in [1.807, 2.05) is 13.8 Å². The minimum absolute atomic E-state index is 0.00677. The van der Waals surface area contributed by atoms with Gasteiger partial charge in [0.1, 0.15) is 4.90 Å². The lowest BCUT2D eigenvalue weighted by Crippen LogP contribution is -2.31. The normalized spacial score (nSPS) is 13.4. The van der Waals surface area contributed by atoms with Crippen molar-refractivity contribution >= 4 is 39.2 Å². The number of carbonyl (C=O) groups is 1. The number of hydrogen-bond donors (Lipinski definition) is 1. The number of hydrogen-bond acceptors (Lipinski definition) is 3. The second kappa shape index (κ2) is 6.96. The lowest BCUT2D eigenvalue weighted by molar-refractivity contribution is 0.0697. The van der Waals surface area contributed by atoms with Crippen molar-refractivity contribution in [3.8, 4) is 0 Å². The third kappa shape index (κ3) is 4.10. The highest BCUT2D eigenvalue weighted by Crippen LogP contribution is 2.31. The van der Waals surface area contributed by atoms with Gasteiger partial charge >= 0.3 is 5.97 Å². The predicted octanol–water partition coefficient (Wildman–Crippen LogP) is 3.36. The van der Waals surface area contributed by atoms with E-state index in [-0.39, 0.29) is 26.4 Å². The lowest BCUT2D eigenvalue weighted by atomic mass is 10.1. The van der Waals surface area contributed by atoms with Crippen molar-refractivity contribution in [3.63, 3.8) is 0 Å².